The molecule has 0 aliphatic carbocycles. The number of rotatable bonds is 2. The van der Waals surface area contributed by atoms with Crippen LogP contribution in [0.5, 0.6) is 5.75 Å². The first-order valence-electron chi connectivity index (χ1n) is 5.11. The average molecular weight is 286 g/mol. The summed E-state index contributed by atoms with van der Waals surface area (Å²) in [5.74, 6) is -0.244. The number of halogens is 3. The van der Waals surface area contributed by atoms with Crippen LogP contribution in [0.25, 0.3) is 11.1 Å². The second kappa shape index (κ2) is 5.04. The summed E-state index contributed by atoms with van der Waals surface area (Å²) in [6.45, 7) is 0. The molecule has 0 saturated heterocycles. The zero-order valence-corrected chi connectivity index (χ0v) is 11.0. The Bertz CT molecular complexity index is 602. The van der Waals surface area contributed by atoms with Gasteiger partial charge in [-0.2, -0.15) is 0 Å². The van der Waals surface area contributed by atoms with Gasteiger partial charge in [0.25, 0.3) is 0 Å². The van der Waals surface area contributed by atoms with E-state index in [1.54, 1.807) is 24.3 Å². The van der Waals surface area contributed by atoms with Gasteiger partial charge in [-0.05, 0) is 35.4 Å². The zero-order valence-electron chi connectivity index (χ0n) is 9.51. The Hall–Kier alpha value is -1.45. The maximum Gasteiger partial charge on any atom is 0.150 e. The smallest absolute Gasteiger partial charge is 0.150 e. The standard InChI is InChI=1S/C13H10Cl2FNO/c1-18-12-6-8(5-11(16)13(12)17)7-2-3-9(14)10(15)4-7/h2-6H,17H2,1H3. The van der Waals surface area contributed by atoms with Crippen molar-refractivity contribution in [3.63, 3.8) is 0 Å². The van der Waals surface area contributed by atoms with E-state index in [0.717, 1.165) is 5.56 Å². The van der Waals surface area contributed by atoms with Crippen molar-refractivity contribution in [2.24, 2.45) is 0 Å². The summed E-state index contributed by atoms with van der Waals surface area (Å²) in [6, 6.07) is 8.04. The highest BCUT2D eigenvalue weighted by molar-refractivity contribution is 6.42. The van der Waals surface area contributed by atoms with E-state index in [2.05, 4.69) is 0 Å². The number of nitrogens with two attached hydrogens (primary N) is 1. The van der Waals surface area contributed by atoms with E-state index in [0.29, 0.717) is 15.6 Å². The van der Waals surface area contributed by atoms with E-state index in [-0.39, 0.29) is 11.4 Å². The van der Waals surface area contributed by atoms with Crippen LogP contribution in [-0.4, -0.2) is 7.11 Å². The Balaban J connectivity index is 2.57. The van der Waals surface area contributed by atoms with Crippen molar-refractivity contribution >= 4 is 28.9 Å². The Labute approximate surface area is 114 Å². The molecule has 0 aliphatic heterocycles. The zero-order chi connectivity index (χ0) is 13.3. The molecule has 2 aromatic rings. The predicted molar refractivity (Wildman–Crippen MR) is 72.8 cm³/mol. The molecular weight excluding hydrogens is 276 g/mol. The molecule has 5 heteroatoms. The van der Waals surface area contributed by atoms with Gasteiger partial charge >= 0.3 is 0 Å². The summed E-state index contributed by atoms with van der Waals surface area (Å²) in [6.07, 6.45) is 0. The van der Waals surface area contributed by atoms with E-state index >= 15 is 0 Å². The normalized spacial score (nSPS) is 10.4. The van der Waals surface area contributed by atoms with Gasteiger partial charge in [0.1, 0.15) is 11.4 Å². The molecule has 0 heterocycles. The van der Waals surface area contributed by atoms with Crippen molar-refractivity contribution in [3.8, 4) is 16.9 Å². The molecule has 0 amide bonds. The van der Waals surface area contributed by atoms with Crippen LogP contribution in [0.1, 0.15) is 0 Å². The minimum Gasteiger partial charge on any atom is -0.494 e. The highest BCUT2D eigenvalue weighted by Crippen LogP contribution is 2.34. The Kier molecular flexibility index (Phi) is 3.64. The van der Waals surface area contributed by atoms with Crippen molar-refractivity contribution < 1.29 is 9.13 Å². The van der Waals surface area contributed by atoms with E-state index in [1.165, 1.54) is 13.2 Å². The van der Waals surface area contributed by atoms with Gasteiger partial charge in [-0.15, -0.1) is 0 Å². The number of ether oxygens (including phenoxy) is 1. The number of benzene rings is 2. The van der Waals surface area contributed by atoms with Crippen LogP contribution in [-0.2, 0) is 0 Å². The molecule has 0 unspecified atom stereocenters. The molecule has 0 atom stereocenters. The Morgan fingerprint density at radius 2 is 1.78 bits per heavy atom. The molecule has 0 bridgehead atoms. The topological polar surface area (TPSA) is 35.2 Å². The van der Waals surface area contributed by atoms with Crippen LogP contribution in [0, 0.1) is 5.82 Å². The third-order valence-corrected chi connectivity index (χ3v) is 3.30. The predicted octanol–water partition coefficient (Wildman–Crippen LogP) is 4.39. The lowest BCUT2D eigenvalue weighted by molar-refractivity contribution is 0.414. The molecule has 2 aromatic carbocycles. The summed E-state index contributed by atoms with van der Waals surface area (Å²) in [4.78, 5) is 0. The minimum atomic E-state index is -0.532. The third kappa shape index (κ3) is 2.37. The monoisotopic (exact) mass is 285 g/mol. The molecule has 0 radical (unpaired) electrons. The molecule has 2 rings (SSSR count). The number of anilines is 1. The highest BCUT2D eigenvalue weighted by atomic mass is 35.5. The highest BCUT2D eigenvalue weighted by Gasteiger charge is 2.10. The summed E-state index contributed by atoms with van der Waals surface area (Å²) in [7, 11) is 1.43. The van der Waals surface area contributed by atoms with Crippen molar-refractivity contribution in [1.82, 2.24) is 0 Å². The van der Waals surface area contributed by atoms with Crippen LogP contribution >= 0.6 is 23.2 Å². The van der Waals surface area contributed by atoms with E-state index in [1.807, 2.05) is 0 Å². The number of hydrogen-bond donors (Lipinski definition) is 1. The fourth-order valence-electron chi connectivity index (χ4n) is 1.60. The SMILES string of the molecule is COc1cc(-c2ccc(Cl)c(Cl)c2)cc(F)c1N. The lowest BCUT2D eigenvalue weighted by Gasteiger charge is -2.09. The number of nitrogen functional groups attached to an aromatic ring is 1. The maximum atomic E-state index is 13.6. The largest absolute Gasteiger partial charge is 0.494 e. The third-order valence-electron chi connectivity index (χ3n) is 2.56. The first-order valence-corrected chi connectivity index (χ1v) is 5.87. The molecular formula is C13H10Cl2FNO. The van der Waals surface area contributed by atoms with Crippen molar-refractivity contribution in [3.05, 3.63) is 46.2 Å². The van der Waals surface area contributed by atoms with Gasteiger partial charge < -0.3 is 10.5 Å². The van der Waals surface area contributed by atoms with Crippen molar-refractivity contribution in [2.75, 3.05) is 12.8 Å². The summed E-state index contributed by atoms with van der Waals surface area (Å²) in [5, 5.41) is 0.855. The Morgan fingerprint density at radius 3 is 2.39 bits per heavy atom. The molecule has 0 aromatic heterocycles. The van der Waals surface area contributed by atoms with Gasteiger partial charge in [-0.3, -0.25) is 0 Å². The molecule has 18 heavy (non-hydrogen) atoms. The molecule has 0 saturated carbocycles. The van der Waals surface area contributed by atoms with E-state index < -0.39 is 5.82 Å². The van der Waals surface area contributed by atoms with Crippen LogP contribution in [0.3, 0.4) is 0 Å². The quantitative estimate of drug-likeness (QED) is 0.831. The maximum absolute atomic E-state index is 13.6. The van der Waals surface area contributed by atoms with E-state index in [4.69, 9.17) is 33.7 Å². The molecule has 0 fully saturated rings. The molecule has 0 aliphatic rings. The summed E-state index contributed by atoms with van der Waals surface area (Å²) in [5.41, 5.74) is 6.89. The van der Waals surface area contributed by atoms with Gasteiger partial charge in [-0.1, -0.05) is 29.3 Å². The molecule has 2 N–H and O–H groups in total. The van der Waals surface area contributed by atoms with Gasteiger partial charge in [0, 0.05) is 0 Å². The van der Waals surface area contributed by atoms with Crippen LogP contribution in [0.4, 0.5) is 10.1 Å². The number of hydrogen-bond acceptors (Lipinski definition) is 2. The fourth-order valence-corrected chi connectivity index (χ4v) is 1.90. The minimum absolute atomic E-state index is 0.0127. The first-order chi connectivity index (χ1) is 8.52. The van der Waals surface area contributed by atoms with Gasteiger partial charge in [0.2, 0.25) is 0 Å². The van der Waals surface area contributed by atoms with Crippen LogP contribution in [0.2, 0.25) is 10.0 Å². The van der Waals surface area contributed by atoms with E-state index in [9.17, 15) is 4.39 Å². The second-order valence-electron chi connectivity index (χ2n) is 3.70. The lowest BCUT2D eigenvalue weighted by atomic mass is 10.0. The first kappa shape index (κ1) is 13.0. The van der Waals surface area contributed by atoms with Gasteiger partial charge in [0.15, 0.2) is 5.82 Å². The molecule has 2 nitrogen and oxygen atoms in total. The Morgan fingerprint density at radius 1 is 1.06 bits per heavy atom. The summed E-state index contributed by atoms with van der Waals surface area (Å²) < 4.78 is 18.6. The fraction of sp³-hybridized carbons (Fsp3) is 0.0769. The lowest BCUT2D eigenvalue weighted by Crippen LogP contribution is -1.96. The van der Waals surface area contributed by atoms with Crippen LogP contribution < -0.4 is 10.5 Å². The van der Waals surface area contributed by atoms with Gasteiger partial charge in [-0.25, -0.2) is 4.39 Å². The van der Waals surface area contributed by atoms with Crippen molar-refractivity contribution in [2.45, 2.75) is 0 Å². The van der Waals surface area contributed by atoms with Gasteiger partial charge in [0.05, 0.1) is 17.2 Å². The van der Waals surface area contributed by atoms with Crippen molar-refractivity contribution in [1.29, 1.82) is 0 Å². The second-order valence-corrected chi connectivity index (χ2v) is 4.52. The number of methoxy groups -OCH3 is 1. The van der Waals surface area contributed by atoms with Crippen LogP contribution in [0.15, 0.2) is 30.3 Å². The summed E-state index contributed by atoms with van der Waals surface area (Å²) >= 11 is 11.8. The molecule has 94 valence electrons. The molecule has 0 spiro atoms. The average Bonchev–Trinajstić information content (AvgIpc) is 2.36.